The number of aromatic nitrogens is 1. The number of rotatable bonds is 2. The van der Waals surface area contributed by atoms with E-state index in [1.165, 1.54) is 16.8 Å². The lowest BCUT2D eigenvalue weighted by atomic mass is 9.78. The smallest absolute Gasteiger partial charge is 0.256 e. The van der Waals surface area contributed by atoms with Gasteiger partial charge in [0.1, 0.15) is 0 Å². The molecule has 1 atom stereocenters. The fraction of sp³-hybridized carbons (Fsp3) is 0.320. The van der Waals surface area contributed by atoms with Crippen LogP contribution in [-0.4, -0.2) is 23.6 Å². The molecule has 4 heteroatoms. The van der Waals surface area contributed by atoms with Crippen LogP contribution in [0.2, 0.25) is 0 Å². The number of hydrogen-bond donors (Lipinski definition) is 1. The van der Waals surface area contributed by atoms with Crippen molar-refractivity contribution in [3.05, 3.63) is 82.2 Å². The normalized spacial score (nSPS) is 20.3. The summed E-state index contributed by atoms with van der Waals surface area (Å²) in [6.45, 7) is 9.96. The third-order valence-electron chi connectivity index (χ3n) is 6.65. The molecule has 0 bridgehead atoms. The van der Waals surface area contributed by atoms with Gasteiger partial charge in [0.15, 0.2) is 5.54 Å². The van der Waals surface area contributed by atoms with Crippen LogP contribution < -0.4 is 10.2 Å². The predicted octanol–water partition coefficient (Wildman–Crippen LogP) is 4.16. The molecule has 0 fully saturated rings. The van der Waals surface area contributed by atoms with Gasteiger partial charge in [0.2, 0.25) is 0 Å². The van der Waals surface area contributed by atoms with Gasteiger partial charge in [-0.1, -0.05) is 35.9 Å². The molecule has 0 radical (unpaired) electrons. The summed E-state index contributed by atoms with van der Waals surface area (Å²) in [6.07, 6.45) is 0.935. The lowest BCUT2D eigenvalue weighted by molar-refractivity contribution is -0.123. The third kappa shape index (κ3) is 2.26. The van der Waals surface area contributed by atoms with E-state index in [1.54, 1.807) is 0 Å². The van der Waals surface area contributed by atoms with Crippen LogP contribution in [0.1, 0.15) is 40.6 Å². The van der Waals surface area contributed by atoms with Gasteiger partial charge in [0.05, 0.1) is 0 Å². The number of nitrogens with one attached hydrogen (secondary N) is 1. The summed E-state index contributed by atoms with van der Waals surface area (Å²) in [5, 5.41) is 3.68. The van der Waals surface area contributed by atoms with Crippen LogP contribution in [0.5, 0.6) is 0 Å². The topological polar surface area (TPSA) is 37.3 Å². The Kier molecular flexibility index (Phi) is 3.97. The molecule has 0 saturated heterocycles. The average Bonchev–Trinajstić information content (AvgIpc) is 3.12. The zero-order valence-electron chi connectivity index (χ0n) is 17.5. The number of likely N-dealkylation sites (N-methyl/N-ethyl adjacent to an activating group) is 1. The Bertz CT molecular complexity index is 1130. The predicted molar refractivity (Wildman–Crippen MR) is 117 cm³/mol. The van der Waals surface area contributed by atoms with Crippen molar-refractivity contribution in [1.82, 2.24) is 9.88 Å². The molecule has 1 amide bonds. The molecule has 1 N–H and O–H groups in total. The largest absolute Gasteiger partial charge is 0.318 e. The summed E-state index contributed by atoms with van der Waals surface area (Å²) in [4.78, 5) is 15.8. The number of carbonyl (C=O) groups is 1. The van der Waals surface area contributed by atoms with Crippen molar-refractivity contribution in [1.29, 1.82) is 0 Å². The maximum atomic E-state index is 13.9. The molecule has 4 nitrogen and oxygen atoms in total. The van der Waals surface area contributed by atoms with Crippen molar-refractivity contribution >= 4 is 11.6 Å². The van der Waals surface area contributed by atoms with Crippen LogP contribution in [0, 0.1) is 20.8 Å². The van der Waals surface area contributed by atoms with Gasteiger partial charge in [0.25, 0.3) is 5.91 Å². The molecule has 29 heavy (non-hydrogen) atoms. The molecule has 3 heterocycles. The van der Waals surface area contributed by atoms with E-state index in [-0.39, 0.29) is 5.91 Å². The van der Waals surface area contributed by atoms with Gasteiger partial charge in [-0.3, -0.25) is 10.1 Å². The second-order valence-electron chi connectivity index (χ2n) is 8.19. The number of fused-ring (bicyclic) bond motifs is 4. The van der Waals surface area contributed by atoms with E-state index in [0.29, 0.717) is 6.54 Å². The van der Waals surface area contributed by atoms with Crippen LogP contribution in [0.15, 0.2) is 48.5 Å². The van der Waals surface area contributed by atoms with E-state index in [0.717, 1.165) is 41.2 Å². The Hall–Kier alpha value is -2.85. The molecule has 2 aromatic carbocycles. The summed E-state index contributed by atoms with van der Waals surface area (Å²) in [6, 6.07) is 16.9. The number of para-hydroxylation sites is 1. The van der Waals surface area contributed by atoms with E-state index < -0.39 is 5.54 Å². The van der Waals surface area contributed by atoms with E-state index in [2.05, 4.69) is 80.0 Å². The van der Waals surface area contributed by atoms with Crippen LogP contribution >= 0.6 is 0 Å². The van der Waals surface area contributed by atoms with Crippen molar-refractivity contribution in [3.63, 3.8) is 0 Å². The number of hydrogen-bond acceptors (Lipinski definition) is 2. The summed E-state index contributed by atoms with van der Waals surface area (Å²) < 4.78 is 2.32. The standard InChI is InChI=1S/C25H27N3O/c1-5-27-22-12-11-16(2)15-21(22)25(24(27)29)23-18(4)28(19-9-7-6-8-10-19)17(3)20(23)13-14-26-25/h6-12,15,26H,5,13-14H2,1-4H3/t25-/m0/s1. The number of aryl methyl sites for hydroxylation is 1. The molecule has 1 aromatic heterocycles. The molecule has 2 aliphatic heterocycles. The first-order valence-electron chi connectivity index (χ1n) is 10.5. The maximum absolute atomic E-state index is 13.9. The van der Waals surface area contributed by atoms with E-state index in [9.17, 15) is 4.79 Å². The van der Waals surface area contributed by atoms with Crippen molar-refractivity contribution in [2.45, 2.75) is 39.7 Å². The Balaban J connectivity index is 1.84. The fourth-order valence-electron chi connectivity index (χ4n) is 5.47. The molecule has 1 spiro atoms. The summed E-state index contributed by atoms with van der Waals surface area (Å²) >= 11 is 0. The minimum atomic E-state index is -0.792. The summed E-state index contributed by atoms with van der Waals surface area (Å²) in [7, 11) is 0. The van der Waals surface area contributed by atoms with E-state index in [4.69, 9.17) is 0 Å². The Labute approximate surface area is 172 Å². The number of anilines is 1. The highest BCUT2D eigenvalue weighted by molar-refractivity contribution is 6.10. The zero-order valence-corrected chi connectivity index (χ0v) is 17.5. The highest BCUT2D eigenvalue weighted by atomic mass is 16.2. The van der Waals surface area contributed by atoms with Gasteiger partial charge in [-0.2, -0.15) is 0 Å². The molecule has 5 rings (SSSR count). The number of carbonyl (C=O) groups excluding carboxylic acids is 1. The molecule has 148 valence electrons. The third-order valence-corrected chi connectivity index (χ3v) is 6.65. The van der Waals surface area contributed by atoms with Crippen LogP contribution in [-0.2, 0) is 16.8 Å². The number of nitrogens with zero attached hydrogens (tertiary/aromatic N) is 2. The summed E-state index contributed by atoms with van der Waals surface area (Å²) in [5.74, 6) is 0.148. The molecule has 3 aromatic rings. The van der Waals surface area contributed by atoms with Gasteiger partial charge in [0, 0.05) is 47.0 Å². The van der Waals surface area contributed by atoms with Crippen LogP contribution in [0.25, 0.3) is 5.69 Å². The lowest BCUT2D eigenvalue weighted by Gasteiger charge is -2.35. The number of benzene rings is 2. The minimum Gasteiger partial charge on any atom is -0.318 e. The first-order chi connectivity index (χ1) is 14.0. The zero-order chi connectivity index (χ0) is 20.3. The first kappa shape index (κ1) is 18.2. The van der Waals surface area contributed by atoms with Crippen molar-refractivity contribution in [3.8, 4) is 5.69 Å². The highest BCUT2D eigenvalue weighted by Gasteiger charge is 2.55. The van der Waals surface area contributed by atoms with Crippen molar-refractivity contribution in [2.75, 3.05) is 18.0 Å². The van der Waals surface area contributed by atoms with E-state index >= 15 is 0 Å². The first-order valence-corrected chi connectivity index (χ1v) is 10.5. The SMILES string of the molecule is CCN1C(=O)[C@]2(NCCc3c2c(C)n(-c2ccccc2)c3C)c2cc(C)ccc21. The second kappa shape index (κ2) is 6.33. The molecule has 0 unspecified atom stereocenters. The Morgan fingerprint density at radius 3 is 2.52 bits per heavy atom. The second-order valence-corrected chi connectivity index (χ2v) is 8.19. The Morgan fingerprint density at radius 2 is 1.79 bits per heavy atom. The van der Waals surface area contributed by atoms with Crippen molar-refractivity contribution < 1.29 is 4.79 Å². The molecule has 2 aliphatic rings. The minimum absolute atomic E-state index is 0.148. The average molecular weight is 386 g/mol. The van der Waals surface area contributed by atoms with Gasteiger partial charge in [-0.15, -0.1) is 0 Å². The van der Waals surface area contributed by atoms with Gasteiger partial charge < -0.3 is 9.47 Å². The number of amides is 1. The quantitative estimate of drug-likeness (QED) is 0.719. The molecular weight excluding hydrogens is 358 g/mol. The molecule has 0 aliphatic carbocycles. The van der Waals surface area contributed by atoms with Crippen LogP contribution in [0.4, 0.5) is 5.69 Å². The summed E-state index contributed by atoms with van der Waals surface area (Å²) in [5.41, 5.74) is 8.51. The van der Waals surface area contributed by atoms with E-state index in [1.807, 2.05) is 11.0 Å². The molecule has 0 saturated carbocycles. The van der Waals surface area contributed by atoms with Gasteiger partial charge in [-0.25, -0.2) is 0 Å². The monoisotopic (exact) mass is 385 g/mol. The maximum Gasteiger partial charge on any atom is 0.256 e. The Morgan fingerprint density at radius 1 is 1.03 bits per heavy atom. The highest BCUT2D eigenvalue weighted by Crippen LogP contribution is 2.49. The van der Waals surface area contributed by atoms with Gasteiger partial charge >= 0.3 is 0 Å². The van der Waals surface area contributed by atoms with Crippen LogP contribution in [0.3, 0.4) is 0 Å². The van der Waals surface area contributed by atoms with Crippen molar-refractivity contribution in [2.24, 2.45) is 0 Å². The molecular formula is C25H27N3O. The lowest BCUT2D eigenvalue weighted by Crippen LogP contribution is -2.55. The fourth-order valence-corrected chi connectivity index (χ4v) is 5.47. The van der Waals surface area contributed by atoms with Gasteiger partial charge in [-0.05, 0) is 57.9 Å².